The Morgan fingerprint density at radius 2 is 1.49 bits per heavy atom. The number of alkyl carbamates (subject to hydrolysis) is 2. The number of H-pyrrole nitrogens is 2. The molecule has 0 radical (unpaired) electrons. The van der Waals surface area contributed by atoms with E-state index in [1.807, 2.05) is 61.2 Å². The van der Waals surface area contributed by atoms with Crippen molar-refractivity contribution in [3.63, 3.8) is 0 Å². The number of nitrogens with one attached hydrogen (secondary N) is 4. The number of nitrogens with zero attached hydrogens (tertiary/aromatic N) is 4. The average molecular weight is 797 g/mol. The summed E-state index contributed by atoms with van der Waals surface area (Å²) in [6.45, 7) is 10.6. The number of aromatic nitrogens is 4. The van der Waals surface area contributed by atoms with Gasteiger partial charge in [0.05, 0.1) is 63.4 Å². The summed E-state index contributed by atoms with van der Waals surface area (Å²) in [5.74, 6) is 7.41. The van der Waals surface area contributed by atoms with Crippen molar-refractivity contribution in [3.05, 3.63) is 71.4 Å². The Labute approximate surface area is 333 Å². The van der Waals surface area contributed by atoms with Gasteiger partial charge in [-0.1, -0.05) is 50.9 Å². The van der Waals surface area contributed by atoms with E-state index in [1.54, 1.807) is 18.0 Å². The Balaban J connectivity index is 1.14. The molecule has 4 amide bonds. The molecule has 16 heteroatoms. The Bertz CT molecular complexity index is 2170. The number of amides is 4. The molecule has 4 aromatic rings. The lowest BCUT2D eigenvalue weighted by molar-refractivity contribution is -0.137. The number of ether oxygens (including phenoxy) is 3. The monoisotopic (exact) mass is 796 g/mol. The van der Waals surface area contributed by atoms with Gasteiger partial charge in [-0.2, -0.15) is 0 Å². The first-order chi connectivity index (χ1) is 27.2. The number of aromatic amines is 2. The van der Waals surface area contributed by atoms with E-state index in [4.69, 9.17) is 24.2 Å². The van der Waals surface area contributed by atoms with Crippen molar-refractivity contribution < 1.29 is 33.4 Å². The SMILES string of the molecule is COC(=O)NC(C(=O)N1CCCC1c1nc2ccc(C#Cc3ccc(-c4cnc(C5C[Si](C)(C)CN5C(=O)C(NC(=O)OC)C(C)OC)[nH]4)cc3)cc2[nH]1)C(C)C. The van der Waals surface area contributed by atoms with Crippen molar-refractivity contribution in [2.75, 3.05) is 34.0 Å². The maximum absolute atomic E-state index is 13.9. The fourth-order valence-corrected chi connectivity index (χ4v) is 10.5. The molecule has 2 saturated heterocycles. The highest BCUT2D eigenvalue weighted by atomic mass is 28.3. The average Bonchev–Trinajstić information content (AvgIpc) is 4.02. The summed E-state index contributed by atoms with van der Waals surface area (Å²) < 4.78 is 15.0. The van der Waals surface area contributed by atoms with Crippen LogP contribution in [0.5, 0.6) is 0 Å². The number of imidazole rings is 2. The van der Waals surface area contributed by atoms with Crippen molar-refractivity contribution in [3.8, 4) is 23.1 Å². The summed E-state index contributed by atoms with van der Waals surface area (Å²) in [5, 5.41) is 5.34. The summed E-state index contributed by atoms with van der Waals surface area (Å²) >= 11 is 0. The van der Waals surface area contributed by atoms with Crippen molar-refractivity contribution in [1.82, 2.24) is 40.4 Å². The number of fused-ring (bicyclic) bond motifs is 1. The van der Waals surface area contributed by atoms with Gasteiger partial charge < -0.3 is 44.6 Å². The summed E-state index contributed by atoms with van der Waals surface area (Å²) in [4.78, 5) is 71.6. The number of carbonyl (C=O) groups is 4. The lowest BCUT2D eigenvalue weighted by atomic mass is 10.0. The molecule has 2 aliphatic heterocycles. The fraction of sp³-hybridized carbons (Fsp3) is 0.463. The number of carbonyl (C=O) groups excluding carboxylic acids is 4. The standard InChI is InChI=1S/C41H52N8O7Si/c1-24(2)34(46-40(52)55-5)38(50)48-19-9-10-32(48)37-43-29-18-15-27(20-30(29)44-37)12-11-26-13-16-28(17-14-26)31-21-42-36(45-31)33-22-57(7,8)23-49(33)39(51)35(25(3)54-4)47-41(53)56-6/h13-18,20-21,24-25,32-35H,9-10,19,22-23H2,1-8H3,(H,42,45)(H,43,44)(H,46,52)(H,47,53). The maximum Gasteiger partial charge on any atom is 0.407 e. The molecule has 0 aliphatic carbocycles. The fourth-order valence-electron chi connectivity index (χ4n) is 7.61. The van der Waals surface area contributed by atoms with Crippen molar-refractivity contribution in [2.45, 2.75) is 83.0 Å². The first kappa shape index (κ1) is 41.0. The minimum absolute atomic E-state index is 0.117. The summed E-state index contributed by atoms with van der Waals surface area (Å²) in [7, 11) is 2.26. The summed E-state index contributed by atoms with van der Waals surface area (Å²) in [6, 6.07) is 12.4. The van der Waals surface area contributed by atoms with Gasteiger partial charge in [-0.3, -0.25) is 9.59 Å². The number of hydrogen-bond acceptors (Lipinski definition) is 9. The van der Waals surface area contributed by atoms with Crippen LogP contribution in [0.15, 0.2) is 48.7 Å². The van der Waals surface area contributed by atoms with Crippen LogP contribution >= 0.6 is 0 Å². The van der Waals surface area contributed by atoms with Crippen LogP contribution < -0.4 is 10.6 Å². The van der Waals surface area contributed by atoms with Gasteiger partial charge >= 0.3 is 12.2 Å². The van der Waals surface area contributed by atoms with E-state index in [9.17, 15) is 19.2 Å². The van der Waals surface area contributed by atoms with Crippen LogP contribution in [0.2, 0.25) is 19.1 Å². The van der Waals surface area contributed by atoms with Crippen LogP contribution in [-0.2, 0) is 23.8 Å². The molecule has 0 bridgehead atoms. The first-order valence-electron chi connectivity index (χ1n) is 19.2. The highest BCUT2D eigenvalue weighted by Gasteiger charge is 2.46. The highest BCUT2D eigenvalue weighted by Crippen LogP contribution is 2.38. The molecule has 4 N–H and O–H groups in total. The van der Waals surface area contributed by atoms with E-state index in [2.05, 4.69) is 45.5 Å². The third-order valence-corrected chi connectivity index (χ3v) is 13.5. The van der Waals surface area contributed by atoms with E-state index in [-0.39, 0.29) is 29.8 Å². The quantitative estimate of drug-likeness (QED) is 0.122. The van der Waals surface area contributed by atoms with Crippen LogP contribution in [0, 0.1) is 17.8 Å². The molecule has 15 nitrogen and oxygen atoms in total. The van der Waals surface area contributed by atoms with Gasteiger partial charge in [-0.05, 0) is 67.6 Å². The molecular weight excluding hydrogens is 745 g/mol. The lowest BCUT2D eigenvalue weighted by Crippen LogP contribution is -2.54. The Hall–Kier alpha value is -5.66. The van der Waals surface area contributed by atoms with E-state index in [0.717, 1.165) is 52.3 Å². The van der Waals surface area contributed by atoms with Crippen molar-refractivity contribution in [1.29, 1.82) is 0 Å². The van der Waals surface area contributed by atoms with Crippen molar-refractivity contribution >= 4 is 43.1 Å². The van der Waals surface area contributed by atoms with Crippen LogP contribution in [0.25, 0.3) is 22.3 Å². The molecular formula is C41H52N8O7Si. The van der Waals surface area contributed by atoms with Gasteiger partial charge in [0.1, 0.15) is 23.7 Å². The van der Waals surface area contributed by atoms with Gasteiger partial charge in [0.15, 0.2) is 0 Å². The molecule has 302 valence electrons. The Kier molecular flexibility index (Phi) is 12.4. The van der Waals surface area contributed by atoms with Gasteiger partial charge in [-0.25, -0.2) is 19.6 Å². The summed E-state index contributed by atoms with van der Waals surface area (Å²) in [6.07, 6.45) is 2.12. The van der Waals surface area contributed by atoms with Crippen LogP contribution in [0.3, 0.4) is 0 Å². The minimum atomic E-state index is -1.80. The highest BCUT2D eigenvalue weighted by molar-refractivity contribution is 6.78. The van der Waals surface area contributed by atoms with Crippen LogP contribution in [0.4, 0.5) is 9.59 Å². The summed E-state index contributed by atoms with van der Waals surface area (Å²) in [5.41, 5.74) is 5.00. The number of methoxy groups -OCH3 is 3. The molecule has 0 spiro atoms. The van der Waals surface area contributed by atoms with E-state index < -0.39 is 38.4 Å². The lowest BCUT2D eigenvalue weighted by Gasteiger charge is -2.31. The van der Waals surface area contributed by atoms with Gasteiger partial charge in [0.2, 0.25) is 11.8 Å². The number of benzene rings is 2. The Morgan fingerprint density at radius 1 is 0.842 bits per heavy atom. The zero-order valence-electron chi connectivity index (χ0n) is 33.8. The molecule has 2 aromatic heterocycles. The van der Waals surface area contributed by atoms with Gasteiger partial charge in [-0.15, -0.1) is 0 Å². The zero-order chi connectivity index (χ0) is 41.0. The number of hydrogen-bond donors (Lipinski definition) is 4. The molecule has 6 rings (SSSR count). The predicted molar refractivity (Wildman–Crippen MR) is 216 cm³/mol. The molecule has 5 atom stereocenters. The largest absolute Gasteiger partial charge is 0.453 e. The molecule has 57 heavy (non-hydrogen) atoms. The second-order valence-electron chi connectivity index (χ2n) is 15.8. The van der Waals surface area contributed by atoms with E-state index >= 15 is 0 Å². The second-order valence-corrected chi connectivity index (χ2v) is 20.9. The number of likely N-dealkylation sites (tertiary alicyclic amines) is 1. The predicted octanol–water partition coefficient (Wildman–Crippen LogP) is 5.29. The molecule has 0 saturated carbocycles. The van der Waals surface area contributed by atoms with Gasteiger partial charge in [0, 0.05) is 30.9 Å². The van der Waals surface area contributed by atoms with Crippen LogP contribution in [0.1, 0.15) is 68.5 Å². The molecule has 2 aliphatic rings. The number of rotatable bonds is 10. The molecule has 2 aromatic carbocycles. The van der Waals surface area contributed by atoms with Gasteiger partial charge in [0.25, 0.3) is 0 Å². The molecule has 2 fully saturated rings. The second kappa shape index (κ2) is 17.2. The minimum Gasteiger partial charge on any atom is -0.453 e. The molecule has 4 heterocycles. The van der Waals surface area contributed by atoms with E-state index in [0.29, 0.717) is 24.4 Å². The van der Waals surface area contributed by atoms with Crippen LogP contribution in [-0.4, -0.2) is 114 Å². The molecule has 5 unspecified atom stereocenters. The normalized spacial score (nSPS) is 19.1. The van der Waals surface area contributed by atoms with E-state index in [1.165, 1.54) is 21.3 Å². The maximum atomic E-state index is 13.9. The smallest absolute Gasteiger partial charge is 0.407 e. The third kappa shape index (κ3) is 9.16. The Morgan fingerprint density at radius 3 is 2.16 bits per heavy atom. The first-order valence-corrected chi connectivity index (χ1v) is 22.6. The topological polar surface area (TPSA) is 184 Å². The third-order valence-electron chi connectivity index (χ3n) is 10.8. The zero-order valence-corrected chi connectivity index (χ0v) is 34.8. The van der Waals surface area contributed by atoms with Crippen molar-refractivity contribution in [2.24, 2.45) is 5.92 Å².